The van der Waals surface area contributed by atoms with E-state index in [1.165, 1.54) is 18.9 Å². The molecule has 0 aromatic heterocycles. The summed E-state index contributed by atoms with van der Waals surface area (Å²) in [6.45, 7) is 4.79. The summed E-state index contributed by atoms with van der Waals surface area (Å²) in [6, 6.07) is 4.39. The molecule has 0 radical (unpaired) electrons. The second-order valence-corrected chi connectivity index (χ2v) is 5.83. The Morgan fingerprint density at radius 2 is 2.05 bits per heavy atom. The fourth-order valence-corrected chi connectivity index (χ4v) is 2.73. The number of anilines is 1. The van der Waals surface area contributed by atoms with Gasteiger partial charge in [-0.3, -0.25) is 4.90 Å². The van der Waals surface area contributed by atoms with Crippen molar-refractivity contribution in [1.82, 2.24) is 4.90 Å². The minimum absolute atomic E-state index is 0.446. The topological polar surface area (TPSA) is 15.3 Å². The number of benzene rings is 1. The molecule has 1 aliphatic rings. The third-order valence-corrected chi connectivity index (χ3v) is 4.14. The second kappa shape index (κ2) is 6.35. The van der Waals surface area contributed by atoms with E-state index in [-0.39, 0.29) is 0 Å². The molecule has 112 valence electrons. The number of nitrogens with zero attached hydrogens (tertiary/aromatic N) is 1. The van der Waals surface area contributed by atoms with Crippen molar-refractivity contribution >= 4 is 21.6 Å². The van der Waals surface area contributed by atoms with Crippen LogP contribution in [0.5, 0.6) is 0 Å². The van der Waals surface area contributed by atoms with Crippen LogP contribution < -0.4 is 5.32 Å². The summed E-state index contributed by atoms with van der Waals surface area (Å²) in [7, 11) is 0. The highest BCUT2D eigenvalue weighted by molar-refractivity contribution is 9.10. The highest BCUT2D eigenvalue weighted by Crippen LogP contribution is 2.34. The molecule has 6 heteroatoms. The molecule has 0 spiro atoms. The molecule has 0 heterocycles. The molecule has 1 aromatic rings. The molecule has 20 heavy (non-hydrogen) atoms. The van der Waals surface area contributed by atoms with Crippen molar-refractivity contribution in [3.8, 4) is 0 Å². The summed E-state index contributed by atoms with van der Waals surface area (Å²) in [6.07, 6.45) is -1.78. The lowest BCUT2D eigenvalue weighted by atomic mass is 10.2. The molecule has 0 aliphatic heterocycles. The monoisotopic (exact) mass is 350 g/mol. The van der Waals surface area contributed by atoms with Gasteiger partial charge >= 0.3 is 6.18 Å². The van der Waals surface area contributed by atoms with E-state index in [0.717, 1.165) is 31.8 Å². The van der Waals surface area contributed by atoms with Crippen molar-refractivity contribution in [3.05, 3.63) is 28.2 Å². The molecule has 1 saturated carbocycles. The normalized spacial score (nSPS) is 15.7. The zero-order chi connectivity index (χ0) is 14.8. The molecule has 0 unspecified atom stereocenters. The minimum atomic E-state index is -4.30. The molecule has 1 N–H and O–H groups in total. The molecule has 1 aliphatic carbocycles. The Hall–Kier alpha value is -0.750. The van der Waals surface area contributed by atoms with E-state index in [0.29, 0.717) is 16.2 Å². The van der Waals surface area contributed by atoms with E-state index >= 15 is 0 Å². The summed E-state index contributed by atoms with van der Waals surface area (Å²) in [5, 5.41) is 3.18. The van der Waals surface area contributed by atoms with E-state index in [9.17, 15) is 13.2 Å². The van der Waals surface area contributed by atoms with E-state index in [1.807, 2.05) is 0 Å². The maximum Gasteiger partial charge on any atom is 0.416 e. The first-order valence-corrected chi connectivity index (χ1v) is 7.55. The molecule has 0 bridgehead atoms. The Morgan fingerprint density at radius 3 is 2.55 bits per heavy atom. The number of alkyl halides is 3. The van der Waals surface area contributed by atoms with Gasteiger partial charge in [-0.15, -0.1) is 0 Å². The van der Waals surface area contributed by atoms with Gasteiger partial charge in [0.2, 0.25) is 0 Å². The van der Waals surface area contributed by atoms with E-state index in [2.05, 4.69) is 33.1 Å². The number of hydrogen-bond donors (Lipinski definition) is 1. The Bertz CT molecular complexity index is 458. The van der Waals surface area contributed by atoms with Crippen LogP contribution in [0.4, 0.5) is 18.9 Å². The third-order valence-electron chi connectivity index (χ3n) is 3.48. The molecule has 0 amide bonds. The quantitative estimate of drug-likeness (QED) is 0.819. The van der Waals surface area contributed by atoms with Gasteiger partial charge in [0, 0.05) is 29.3 Å². The van der Waals surface area contributed by atoms with Crippen LogP contribution in [0.2, 0.25) is 0 Å². The van der Waals surface area contributed by atoms with Gasteiger partial charge in [0.25, 0.3) is 0 Å². The van der Waals surface area contributed by atoms with Crippen molar-refractivity contribution in [2.45, 2.75) is 32.0 Å². The lowest BCUT2D eigenvalue weighted by molar-refractivity contribution is -0.137. The average Bonchev–Trinajstić information content (AvgIpc) is 3.19. The Morgan fingerprint density at radius 1 is 1.35 bits per heavy atom. The molecule has 1 fully saturated rings. The number of hydrogen-bond acceptors (Lipinski definition) is 2. The van der Waals surface area contributed by atoms with E-state index in [4.69, 9.17) is 0 Å². The maximum atomic E-state index is 12.6. The number of rotatable bonds is 6. The SMILES string of the molecule is CCN(CCNc1ccc(C(F)(F)F)cc1Br)C1CC1. The second-order valence-electron chi connectivity index (χ2n) is 4.98. The zero-order valence-electron chi connectivity index (χ0n) is 11.3. The summed E-state index contributed by atoms with van der Waals surface area (Å²) in [5.74, 6) is 0. The summed E-state index contributed by atoms with van der Waals surface area (Å²) in [5.41, 5.74) is 0.0629. The predicted molar refractivity (Wildman–Crippen MR) is 77.9 cm³/mol. The Balaban J connectivity index is 1.89. The summed E-state index contributed by atoms with van der Waals surface area (Å²) >= 11 is 3.19. The largest absolute Gasteiger partial charge is 0.416 e. The minimum Gasteiger partial charge on any atom is -0.383 e. The molecule has 1 aromatic carbocycles. The zero-order valence-corrected chi connectivity index (χ0v) is 12.9. The van der Waals surface area contributed by atoms with Crippen LogP contribution in [0.3, 0.4) is 0 Å². The van der Waals surface area contributed by atoms with Crippen LogP contribution in [0.1, 0.15) is 25.3 Å². The van der Waals surface area contributed by atoms with Gasteiger partial charge in [-0.2, -0.15) is 13.2 Å². The van der Waals surface area contributed by atoms with Crippen LogP contribution >= 0.6 is 15.9 Å². The number of nitrogens with one attached hydrogen (secondary N) is 1. The van der Waals surface area contributed by atoms with Crippen LogP contribution in [0.15, 0.2) is 22.7 Å². The van der Waals surface area contributed by atoms with Crippen molar-refractivity contribution in [3.63, 3.8) is 0 Å². The number of likely N-dealkylation sites (N-methyl/N-ethyl adjacent to an activating group) is 1. The Kier molecular flexibility index (Phi) is 4.96. The van der Waals surface area contributed by atoms with Gasteiger partial charge < -0.3 is 5.32 Å². The first-order chi connectivity index (χ1) is 9.41. The van der Waals surface area contributed by atoms with Crippen LogP contribution in [0.25, 0.3) is 0 Å². The lowest BCUT2D eigenvalue weighted by Gasteiger charge is -2.20. The standard InChI is InChI=1S/C14H18BrF3N2/c1-2-20(11-4-5-11)8-7-19-13-6-3-10(9-12(13)15)14(16,17)18/h3,6,9,11,19H,2,4-5,7-8H2,1H3. The maximum absolute atomic E-state index is 12.6. The van der Waals surface area contributed by atoms with Crippen molar-refractivity contribution < 1.29 is 13.2 Å². The first kappa shape index (κ1) is 15.6. The fraction of sp³-hybridized carbons (Fsp3) is 0.571. The van der Waals surface area contributed by atoms with Gasteiger partial charge in [-0.1, -0.05) is 6.92 Å². The van der Waals surface area contributed by atoms with Crippen molar-refractivity contribution in [1.29, 1.82) is 0 Å². The Labute approximate surface area is 125 Å². The predicted octanol–water partition coefficient (Wildman–Crippen LogP) is 4.36. The third kappa shape index (κ3) is 4.12. The molecule has 0 saturated heterocycles. The average molecular weight is 351 g/mol. The van der Waals surface area contributed by atoms with Gasteiger partial charge in [-0.05, 0) is 53.5 Å². The summed E-state index contributed by atoms with van der Waals surface area (Å²) in [4.78, 5) is 2.39. The van der Waals surface area contributed by atoms with Gasteiger partial charge in [0.05, 0.1) is 5.56 Å². The molecule has 2 nitrogen and oxygen atoms in total. The first-order valence-electron chi connectivity index (χ1n) is 6.76. The van der Waals surface area contributed by atoms with Crippen molar-refractivity contribution in [2.75, 3.05) is 25.0 Å². The highest BCUT2D eigenvalue weighted by atomic mass is 79.9. The van der Waals surface area contributed by atoms with E-state index < -0.39 is 11.7 Å². The van der Waals surface area contributed by atoms with Crippen molar-refractivity contribution in [2.24, 2.45) is 0 Å². The molecule has 0 atom stereocenters. The van der Waals surface area contributed by atoms with Gasteiger partial charge in [0.15, 0.2) is 0 Å². The summed E-state index contributed by atoms with van der Waals surface area (Å²) < 4.78 is 38.1. The molecular weight excluding hydrogens is 333 g/mol. The smallest absolute Gasteiger partial charge is 0.383 e. The van der Waals surface area contributed by atoms with Gasteiger partial charge in [-0.25, -0.2) is 0 Å². The van der Waals surface area contributed by atoms with Crippen LogP contribution in [0, 0.1) is 0 Å². The highest BCUT2D eigenvalue weighted by Gasteiger charge is 2.31. The fourth-order valence-electron chi connectivity index (χ4n) is 2.21. The lowest BCUT2D eigenvalue weighted by Crippen LogP contribution is -2.30. The van der Waals surface area contributed by atoms with Crippen LogP contribution in [-0.4, -0.2) is 30.6 Å². The van der Waals surface area contributed by atoms with E-state index in [1.54, 1.807) is 0 Å². The van der Waals surface area contributed by atoms with Gasteiger partial charge in [0.1, 0.15) is 0 Å². The molecule has 2 rings (SSSR count). The van der Waals surface area contributed by atoms with Crippen LogP contribution in [-0.2, 0) is 6.18 Å². The number of halogens is 4. The molecular formula is C14H18BrF3N2.